The summed E-state index contributed by atoms with van der Waals surface area (Å²) in [5.74, 6) is 0.213. The number of hydrogen-bond donors (Lipinski definition) is 1. The second-order valence-electron chi connectivity index (χ2n) is 4.55. The van der Waals surface area contributed by atoms with E-state index < -0.39 is 0 Å². The van der Waals surface area contributed by atoms with Crippen LogP contribution in [0.1, 0.15) is 31.9 Å². The fourth-order valence-electron chi connectivity index (χ4n) is 2.11. The van der Waals surface area contributed by atoms with Crippen molar-refractivity contribution in [1.29, 1.82) is 0 Å². The minimum absolute atomic E-state index is 0.0256. The smallest absolute Gasteiger partial charge is 0.142 e. The van der Waals surface area contributed by atoms with Crippen LogP contribution in [-0.4, -0.2) is 20.3 Å². The van der Waals surface area contributed by atoms with E-state index in [4.69, 9.17) is 4.74 Å². The first-order valence-corrected chi connectivity index (χ1v) is 7.05. The number of hydrogen-bond acceptors (Lipinski definition) is 2. The molecule has 4 heteroatoms. The van der Waals surface area contributed by atoms with Crippen LogP contribution in [0.2, 0.25) is 0 Å². The summed E-state index contributed by atoms with van der Waals surface area (Å²) in [7, 11) is 1.69. The molecule has 2 atom stereocenters. The summed E-state index contributed by atoms with van der Waals surface area (Å²) in [6.07, 6.45) is 0.856. The highest BCUT2D eigenvalue weighted by atomic mass is 79.9. The summed E-state index contributed by atoms with van der Waals surface area (Å²) in [5.41, 5.74) is 0.717. The maximum absolute atomic E-state index is 14.1. The maximum Gasteiger partial charge on any atom is 0.142 e. The molecule has 1 N–H and O–H groups in total. The highest BCUT2D eigenvalue weighted by Gasteiger charge is 2.19. The Balaban J connectivity index is 2.86. The van der Waals surface area contributed by atoms with Crippen LogP contribution in [0.5, 0.6) is 0 Å². The van der Waals surface area contributed by atoms with Crippen molar-refractivity contribution >= 4 is 15.9 Å². The zero-order chi connectivity index (χ0) is 13.5. The van der Waals surface area contributed by atoms with Crippen LogP contribution in [0.15, 0.2) is 22.7 Å². The van der Waals surface area contributed by atoms with E-state index in [9.17, 15) is 4.39 Å². The summed E-state index contributed by atoms with van der Waals surface area (Å²) >= 11 is 3.23. The minimum atomic E-state index is -0.173. The van der Waals surface area contributed by atoms with Gasteiger partial charge in [-0.05, 0) is 40.9 Å². The fraction of sp³-hybridized carbons (Fsp3) is 0.571. The Hall–Kier alpha value is -0.450. The lowest BCUT2D eigenvalue weighted by Gasteiger charge is -2.22. The lowest BCUT2D eigenvalue weighted by molar-refractivity contribution is 0.149. The topological polar surface area (TPSA) is 21.3 Å². The lowest BCUT2D eigenvalue weighted by atomic mass is 9.96. The Labute approximate surface area is 117 Å². The van der Waals surface area contributed by atoms with Gasteiger partial charge in [0.05, 0.1) is 4.47 Å². The van der Waals surface area contributed by atoms with Crippen molar-refractivity contribution in [2.45, 2.75) is 26.3 Å². The van der Waals surface area contributed by atoms with Crippen LogP contribution in [0.25, 0.3) is 0 Å². The van der Waals surface area contributed by atoms with Gasteiger partial charge < -0.3 is 10.1 Å². The van der Waals surface area contributed by atoms with E-state index in [0.717, 1.165) is 13.0 Å². The molecule has 0 aliphatic carbocycles. The van der Waals surface area contributed by atoms with E-state index in [1.807, 2.05) is 19.1 Å². The first-order valence-electron chi connectivity index (χ1n) is 6.26. The molecule has 0 aromatic heterocycles. The second-order valence-corrected chi connectivity index (χ2v) is 5.40. The Kier molecular flexibility index (Phi) is 6.82. The standard InChI is InChI=1S/C14H21BrFNO/c1-4-17-13(8-10(2)9-18-3)11-6-5-7-12(15)14(11)16/h5-7,10,13,17H,4,8-9H2,1-3H3. The molecule has 0 heterocycles. The Bertz CT molecular complexity index is 373. The van der Waals surface area contributed by atoms with Crippen LogP contribution in [0.3, 0.4) is 0 Å². The molecule has 0 amide bonds. The van der Waals surface area contributed by atoms with Crippen molar-refractivity contribution < 1.29 is 9.13 Å². The monoisotopic (exact) mass is 317 g/mol. The third-order valence-corrected chi connectivity index (χ3v) is 3.51. The molecule has 0 aliphatic heterocycles. The Morgan fingerprint density at radius 3 is 2.78 bits per heavy atom. The van der Waals surface area contributed by atoms with Crippen LogP contribution in [-0.2, 0) is 4.74 Å². The average Bonchev–Trinajstić information content (AvgIpc) is 2.32. The fourth-order valence-corrected chi connectivity index (χ4v) is 2.49. The molecule has 2 nitrogen and oxygen atoms in total. The predicted molar refractivity (Wildman–Crippen MR) is 76.2 cm³/mol. The van der Waals surface area contributed by atoms with Gasteiger partial charge in [0.25, 0.3) is 0 Å². The minimum Gasteiger partial charge on any atom is -0.384 e. The maximum atomic E-state index is 14.1. The molecule has 0 saturated carbocycles. The van der Waals surface area contributed by atoms with Crippen LogP contribution in [0, 0.1) is 11.7 Å². The van der Waals surface area contributed by atoms with Crippen molar-refractivity contribution in [2.75, 3.05) is 20.3 Å². The Morgan fingerprint density at radius 1 is 1.44 bits per heavy atom. The molecular formula is C14H21BrFNO. The molecule has 0 aliphatic rings. The molecule has 18 heavy (non-hydrogen) atoms. The summed E-state index contributed by atoms with van der Waals surface area (Å²) in [5, 5.41) is 3.34. The number of methoxy groups -OCH3 is 1. The van der Waals surface area contributed by atoms with Gasteiger partial charge >= 0.3 is 0 Å². The zero-order valence-corrected chi connectivity index (χ0v) is 12.8. The number of nitrogens with one attached hydrogen (secondary N) is 1. The van der Waals surface area contributed by atoms with Crippen molar-refractivity contribution in [3.05, 3.63) is 34.1 Å². The van der Waals surface area contributed by atoms with Crippen LogP contribution in [0.4, 0.5) is 4.39 Å². The summed E-state index contributed by atoms with van der Waals surface area (Å²) in [6, 6.07) is 5.46. The van der Waals surface area contributed by atoms with E-state index in [1.54, 1.807) is 13.2 Å². The quantitative estimate of drug-likeness (QED) is 0.823. The van der Waals surface area contributed by atoms with E-state index in [1.165, 1.54) is 0 Å². The number of halogens is 2. The van der Waals surface area contributed by atoms with Gasteiger partial charge in [0, 0.05) is 25.3 Å². The van der Waals surface area contributed by atoms with Gasteiger partial charge in [-0.2, -0.15) is 0 Å². The highest BCUT2D eigenvalue weighted by Crippen LogP contribution is 2.27. The highest BCUT2D eigenvalue weighted by molar-refractivity contribution is 9.10. The first-order chi connectivity index (χ1) is 8.60. The summed E-state index contributed by atoms with van der Waals surface area (Å²) < 4.78 is 19.8. The van der Waals surface area contributed by atoms with Gasteiger partial charge in [0.15, 0.2) is 0 Å². The molecule has 0 radical (unpaired) electrons. The van der Waals surface area contributed by atoms with E-state index in [0.29, 0.717) is 22.6 Å². The van der Waals surface area contributed by atoms with Crippen LogP contribution < -0.4 is 5.32 Å². The van der Waals surface area contributed by atoms with E-state index >= 15 is 0 Å². The van der Waals surface area contributed by atoms with Gasteiger partial charge in [0.2, 0.25) is 0 Å². The van der Waals surface area contributed by atoms with Gasteiger partial charge in [0.1, 0.15) is 5.82 Å². The molecule has 0 fully saturated rings. The lowest BCUT2D eigenvalue weighted by Crippen LogP contribution is -2.25. The number of benzene rings is 1. The van der Waals surface area contributed by atoms with Crippen molar-refractivity contribution in [3.8, 4) is 0 Å². The number of ether oxygens (including phenoxy) is 1. The largest absolute Gasteiger partial charge is 0.384 e. The van der Waals surface area contributed by atoms with Crippen molar-refractivity contribution in [1.82, 2.24) is 5.32 Å². The zero-order valence-electron chi connectivity index (χ0n) is 11.2. The third-order valence-electron chi connectivity index (χ3n) is 2.90. The molecule has 2 unspecified atom stereocenters. The average molecular weight is 318 g/mol. The summed E-state index contributed by atoms with van der Waals surface area (Å²) in [4.78, 5) is 0. The predicted octanol–water partition coefficient (Wildman–Crippen LogP) is 3.91. The molecule has 1 rings (SSSR count). The van der Waals surface area contributed by atoms with Gasteiger partial charge in [-0.3, -0.25) is 0 Å². The van der Waals surface area contributed by atoms with Gasteiger partial charge in [-0.25, -0.2) is 4.39 Å². The van der Waals surface area contributed by atoms with E-state index in [-0.39, 0.29) is 11.9 Å². The van der Waals surface area contributed by atoms with Gasteiger partial charge in [-0.15, -0.1) is 0 Å². The van der Waals surface area contributed by atoms with Crippen molar-refractivity contribution in [3.63, 3.8) is 0 Å². The first kappa shape index (κ1) is 15.6. The normalized spacial score (nSPS) is 14.5. The molecule has 1 aromatic rings. The number of rotatable bonds is 7. The van der Waals surface area contributed by atoms with Crippen molar-refractivity contribution in [2.24, 2.45) is 5.92 Å². The molecule has 0 bridgehead atoms. The third kappa shape index (κ3) is 4.34. The summed E-state index contributed by atoms with van der Waals surface area (Å²) in [6.45, 7) is 5.65. The molecule has 0 saturated heterocycles. The molecule has 0 spiro atoms. The van der Waals surface area contributed by atoms with Gasteiger partial charge in [-0.1, -0.05) is 26.0 Å². The van der Waals surface area contributed by atoms with E-state index in [2.05, 4.69) is 28.2 Å². The Morgan fingerprint density at radius 2 is 2.17 bits per heavy atom. The second kappa shape index (κ2) is 7.87. The molecular weight excluding hydrogens is 297 g/mol. The van der Waals surface area contributed by atoms with Crippen LogP contribution >= 0.6 is 15.9 Å². The molecule has 1 aromatic carbocycles. The SMILES string of the molecule is CCNC(CC(C)COC)c1cccc(Br)c1F. The molecule has 102 valence electrons.